The molecule has 0 saturated carbocycles. The van der Waals surface area contributed by atoms with Crippen LogP contribution in [0.15, 0.2) is 36.4 Å². The molecule has 0 amide bonds. The summed E-state index contributed by atoms with van der Waals surface area (Å²) in [7, 11) is 0. The number of aryl methyl sites for hydroxylation is 1. The zero-order valence-corrected chi connectivity index (χ0v) is 15.2. The molecule has 0 fully saturated rings. The topological polar surface area (TPSA) is 17.8 Å². The van der Waals surface area contributed by atoms with Crippen molar-refractivity contribution in [3.05, 3.63) is 55.8 Å². The fourth-order valence-corrected chi connectivity index (χ4v) is 3.62. The molecule has 2 aromatic carbocycles. The highest BCUT2D eigenvalue weighted by Crippen LogP contribution is 2.31. The van der Waals surface area contributed by atoms with Crippen molar-refractivity contribution in [2.24, 2.45) is 0 Å². The zero-order valence-electron chi connectivity index (χ0n) is 10.8. The number of rotatable bonds is 3. The average Bonchev–Trinajstić information content (AvgIpc) is 2.79. The van der Waals surface area contributed by atoms with Crippen molar-refractivity contribution in [1.29, 1.82) is 0 Å². The zero-order chi connectivity index (χ0) is 15.0. The van der Waals surface area contributed by atoms with E-state index in [1.165, 1.54) is 0 Å². The lowest BCUT2D eigenvalue weighted by atomic mass is 10.2. The van der Waals surface area contributed by atoms with Crippen LogP contribution >= 0.6 is 57.4 Å². The van der Waals surface area contributed by atoms with Gasteiger partial charge in [0, 0.05) is 15.9 Å². The van der Waals surface area contributed by atoms with Crippen LogP contribution in [0, 0.1) is 3.57 Å². The summed E-state index contributed by atoms with van der Waals surface area (Å²) in [5, 5.41) is 1.31. The molecule has 3 aromatic rings. The van der Waals surface area contributed by atoms with Gasteiger partial charge < -0.3 is 0 Å². The number of benzene rings is 2. The third-order valence-corrected chi connectivity index (χ3v) is 4.64. The molecule has 3 rings (SSSR count). The molecule has 0 aliphatic carbocycles. The minimum Gasteiger partial charge on any atom is -0.295 e. The highest BCUT2D eigenvalue weighted by molar-refractivity contribution is 14.1. The van der Waals surface area contributed by atoms with Gasteiger partial charge in [0.2, 0.25) is 0 Å². The van der Waals surface area contributed by atoms with Gasteiger partial charge in [-0.05, 0) is 52.9 Å². The molecule has 0 atom stereocenters. The van der Waals surface area contributed by atoms with Crippen LogP contribution in [0.2, 0.25) is 10.0 Å². The summed E-state index contributed by atoms with van der Waals surface area (Å²) < 4.78 is 3.12. The smallest absolute Gasteiger partial charge is 0.115 e. The van der Waals surface area contributed by atoms with Crippen molar-refractivity contribution < 1.29 is 0 Å². The predicted molar refractivity (Wildman–Crippen MR) is 98.2 cm³/mol. The molecule has 0 saturated heterocycles. The van der Waals surface area contributed by atoms with Gasteiger partial charge in [0.15, 0.2) is 0 Å². The molecule has 21 heavy (non-hydrogen) atoms. The van der Waals surface area contributed by atoms with Crippen LogP contribution in [0.25, 0.3) is 16.7 Å². The molecule has 0 unspecified atom stereocenters. The first kappa shape index (κ1) is 15.4. The van der Waals surface area contributed by atoms with Crippen LogP contribution in [-0.4, -0.2) is 15.4 Å². The normalized spacial score (nSPS) is 11.2. The van der Waals surface area contributed by atoms with E-state index in [1.807, 2.05) is 41.0 Å². The Morgan fingerprint density at radius 2 is 1.90 bits per heavy atom. The van der Waals surface area contributed by atoms with Crippen molar-refractivity contribution >= 4 is 68.4 Å². The number of hydrogen-bond donors (Lipinski definition) is 0. The summed E-state index contributed by atoms with van der Waals surface area (Å²) >= 11 is 20.8. The van der Waals surface area contributed by atoms with Crippen LogP contribution in [-0.2, 0) is 6.42 Å². The van der Waals surface area contributed by atoms with Crippen LogP contribution in [0.1, 0.15) is 5.82 Å². The molecule has 1 aromatic heterocycles. The maximum atomic E-state index is 6.41. The van der Waals surface area contributed by atoms with E-state index in [2.05, 4.69) is 27.6 Å². The highest BCUT2D eigenvalue weighted by Gasteiger charge is 2.16. The Balaban J connectivity index is 2.33. The van der Waals surface area contributed by atoms with E-state index in [4.69, 9.17) is 34.8 Å². The second kappa shape index (κ2) is 6.32. The second-order valence-electron chi connectivity index (χ2n) is 4.51. The van der Waals surface area contributed by atoms with Gasteiger partial charge in [0.1, 0.15) is 11.3 Å². The lowest BCUT2D eigenvalue weighted by Gasteiger charge is -2.11. The summed E-state index contributed by atoms with van der Waals surface area (Å²) in [6.45, 7) is 0. The fraction of sp³-hybridized carbons (Fsp3) is 0.133. The summed E-state index contributed by atoms with van der Waals surface area (Å²) in [6.07, 6.45) is 0.648. The molecule has 0 bridgehead atoms. The minimum absolute atomic E-state index is 0.489. The number of halogens is 4. The van der Waals surface area contributed by atoms with E-state index in [1.54, 1.807) is 0 Å². The van der Waals surface area contributed by atoms with Crippen molar-refractivity contribution in [3.63, 3.8) is 0 Å². The largest absolute Gasteiger partial charge is 0.295 e. The van der Waals surface area contributed by atoms with Crippen molar-refractivity contribution in [3.8, 4) is 5.69 Å². The molecule has 0 radical (unpaired) electrons. The first-order chi connectivity index (χ1) is 10.1. The van der Waals surface area contributed by atoms with E-state index >= 15 is 0 Å². The monoisotopic (exact) mass is 450 g/mol. The Hall–Kier alpha value is -0.490. The van der Waals surface area contributed by atoms with Gasteiger partial charge in [-0.15, -0.1) is 11.6 Å². The molecule has 6 heteroatoms. The number of nitrogens with zero attached hydrogens (tertiary/aromatic N) is 2. The van der Waals surface area contributed by atoms with E-state index < -0.39 is 0 Å². The van der Waals surface area contributed by atoms with Gasteiger partial charge in [0.05, 0.1) is 21.2 Å². The molecule has 1 heterocycles. The molecule has 0 aliphatic rings. The number of alkyl halides is 1. The van der Waals surface area contributed by atoms with Crippen LogP contribution < -0.4 is 0 Å². The Labute approximate surface area is 151 Å². The van der Waals surface area contributed by atoms with Crippen molar-refractivity contribution in [1.82, 2.24) is 9.55 Å². The van der Waals surface area contributed by atoms with E-state index in [0.717, 1.165) is 26.1 Å². The van der Waals surface area contributed by atoms with Gasteiger partial charge in [-0.2, -0.15) is 0 Å². The van der Waals surface area contributed by atoms with Gasteiger partial charge >= 0.3 is 0 Å². The molecule has 2 nitrogen and oxygen atoms in total. The number of para-hydroxylation sites is 1. The third-order valence-electron chi connectivity index (χ3n) is 3.17. The summed E-state index contributed by atoms with van der Waals surface area (Å²) in [5.74, 6) is 1.35. The lowest BCUT2D eigenvalue weighted by molar-refractivity contribution is 0.912. The second-order valence-corrected chi connectivity index (χ2v) is 6.94. The summed E-state index contributed by atoms with van der Waals surface area (Å²) in [5.41, 5.74) is 2.60. The van der Waals surface area contributed by atoms with Gasteiger partial charge in [-0.3, -0.25) is 4.57 Å². The highest BCUT2D eigenvalue weighted by atomic mass is 127. The minimum atomic E-state index is 0.489. The number of fused-ring (bicyclic) bond motifs is 1. The average molecular weight is 452 g/mol. The van der Waals surface area contributed by atoms with Crippen LogP contribution in [0.3, 0.4) is 0 Å². The van der Waals surface area contributed by atoms with E-state index in [0.29, 0.717) is 22.3 Å². The predicted octanol–water partition coefficient (Wildman–Crippen LogP) is 5.72. The first-order valence-electron chi connectivity index (χ1n) is 6.29. The van der Waals surface area contributed by atoms with Crippen LogP contribution in [0.4, 0.5) is 0 Å². The summed E-state index contributed by atoms with van der Waals surface area (Å²) in [6, 6.07) is 11.7. The number of imidazole rings is 1. The molecule has 0 aliphatic heterocycles. The Morgan fingerprint density at radius 1 is 1.10 bits per heavy atom. The number of hydrogen-bond acceptors (Lipinski definition) is 1. The molecule has 108 valence electrons. The standard InChI is InChI=1S/C15H10Cl3IN2/c16-7-6-14-20-15-10(17)2-1-3-13(15)21(14)12-5-4-9(19)8-11(12)18/h1-5,8H,6-7H2. The molecule has 0 spiro atoms. The Morgan fingerprint density at radius 3 is 2.62 bits per heavy atom. The first-order valence-corrected chi connectivity index (χ1v) is 8.66. The molecular weight excluding hydrogens is 441 g/mol. The maximum absolute atomic E-state index is 6.41. The Kier molecular flexibility index (Phi) is 4.64. The van der Waals surface area contributed by atoms with E-state index in [9.17, 15) is 0 Å². The summed E-state index contributed by atoms with van der Waals surface area (Å²) in [4.78, 5) is 4.63. The lowest BCUT2D eigenvalue weighted by Crippen LogP contribution is -2.03. The van der Waals surface area contributed by atoms with Gasteiger partial charge in [-0.1, -0.05) is 29.3 Å². The molecular formula is C15H10Cl3IN2. The van der Waals surface area contributed by atoms with Crippen LogP contribution in [0.5, 0.6) is 0 Å². The third kappa shape index (κ3) is 2.89. The van der Waals surface area contributed by atoms with Crippen molar-refractivity contribution in [2.75, 3.05) is 5.88 Å². The maximum Gasteiger partial charge on any atom is 0.115 e. The van der Waals surface area contributed by atoms with E-state index in [-0.39, 0.29) is 0 Å². The Bertz CT molecular complexity index is 814. The molecule has 0 N–H and O–H groups in total. The fourth-order valence-electron chi connectivity index (χ4n) is 2.30. The quantitative estimate of drug-likeness (QED) is 0.368. The van der Waals surface area contributed by atoms with Gasteiger partial charge in [0.25, 0.3) is 0 Å². The van der Waals surface area contributed by atoms with Crippen molar-refractivity contribution in [2.45, 2.75) is 6.42 Å². The SMILES string of the molecule is ClCCc1nc2c(Cl)cccc2n1-c1ccc(I)cc1Cl. The van der Waals surface area contributed by atoms with Gasteiger partial charge in [-0.25, -0.2) is 4.98 Å². The number of aromatic nitrogens is 2.